The molecular formula is C16H5ClF14O2. The van der Waals surface area contributed by atoms with Crippen molar-refractivity contribution in [3.8, 4) is 0 Å². The number of rotatable bonds is 3. The van der Waals surface area contributed by atoms with Crippen molar-refractivity contribution in [1.82, 2.24) is 0 Å². The Kier molecular flexibility index (Phi) is 5.82. The number of hydrogen-bond acceptors (Lipinski definition) is 2. The lowest BCUT2D eigenvalue weighted by molar-refractivity contribution is -0.475. The monoisotopic (exact) mass is 530 g/mol. The molecule has 0 amide bonds. The van der Waals surface area contributed by atoms with Gasteiger partial charge in [0, 0.05) is 11.6 Å². The molecule has 1 fully saturated rings. The number of carbonyl (C=O) groups is 1. The van der Waals surface area contributed by atoms with Crippen LogP contribution >= 0.6 is 11.6 Å². The molecule has 1 aromatic rings. The van der Waals surface area contributed by atoms with Crippen LogP contribution in [0.2, 0.25) is 5.02 Å². The van der Waals surface area contributed by atoms with E-state index in [-0.39, 0.29) is 6.07 Å². The molecule has 0 aliphatic heterocycles. The third-order valence-corrected chi connectivity index (χ3v) is 4.95. The van der Waals surface area contributed by atoms with Gasteiger partial charge in [0.15, 0.2) is 0 Å². The minimum absolute atomic E-state index is 0.138. The molecule has 0 spiro atoms. The van der Waals surface area contributed by atoms with E-state index in [1.165, 1.54) is 0 Å². The van der Waals surface area contributed by atoms with E-state index in [0.717, 1.165) is 0 Å². The number of allylic oxidation sites excluding steroid dienone is 1. The van der Waals surface area contributed by atoms with Crippen LogP contribution in [-0.2, 0) is 11.0 Å². The average Bonchev–Trinajstić information content (AvgIpc) is 2.64. The Bertz CT molecular complexity index is 981. The van der Waals surface area contributed by atoms with Gasteiger partial charge < -0.3 is 5.11 Å². The second kappa shape index (κ2) is 7.12. The highest BCUT2D eigenvalue weighted by Crippen LogP contribution is 2.69. The zero-order valence-corrected chi connectivity index (χ0v) is 15.6. The standard InChI is InChI=1S/C16H5ClF14O2/c17-7-2-1-5(3-6(7)11(19,20)21)8(32)4-9(33)10(18)12(22,23)14(26,27)16(30,31)15(28,29)13(10,24)25/h1-4,32H/b8-4-. The second-order valence-corrected chi connectivity index (χ2v) is 7.02. The number of alkyl halides is 14. The van der Waals surface area contributed by atoms with Crippen LogP contribution in [0.25, 0.3) is 5.76 Å². The van der Waals surface area contributed by atoms with Crippen LogP contribution in [0.3, 0.4) is 0 Å². The SMILES string of the molecule is O=C(/C=C(\O)c1ccc(Cl)c(C(F)(F)F)c1)C1(F)C(F)(F)C(F)(F)C(F)(F)C(F)(F)C1(F)F. The Labute approximate surface area is 177 Å². The molecule has 1 aromatic carbocycles. The predicted octanol–water partition coefficient (Wildman–Crippen LogP) is 6.73. The highest BCUT2D eigenvalue weighted by molar-refractivity contribution is 6.31. The van der Waals surface area contributed by atoms with E-state index in [1.807, 2.05) is 0 Å². The molecule has 0 heterocycles. The number of halogens is 15. The molecule has 17 heteroatoms. The summed E-state index contributed by atoms with van der Waals surface area (Å²) in [5, 5.41) is 8.51. The highest BCUT2D eigenvalue weighted by Gasteiger charge is 3.02. The van der Waals surface area contributed by atoms with Gasteiger partial charge in [0.05, 0.1) is 10.6 Å². The zero-order chi connectivity index (χ0) is 26.2. The smallest absolute Gasteiger partial charge is 0.417 e. The lowest BCUT2D eigenvalue weighted by Crippen LogP contribution is -2.85. The van der Waals surface area contributed by atoms with Gasteiger partial charge in [-0.1, -0.05) is 11.6 Å². The van der Waals surface area contributed by atoms with E-state index < -0.39 is 75.2 Å². The van der Waals surface area contributed by atoms with Crippen LogP contribution in [0.4, 0.5) is 61.5 Å². The van der Waals surface area contributed by atoms with Crippen molar-refractivity contribution >= 4 is 23.1 Å². The highest BCUT2D eigenvalue weighted by atomic mass is 35.5. The summed E-state index contributed by atoms with van der Waals surface area (Å²) in [4.78, 5) is 11.7. The largest absolute Gasteiger partial charge is 0.507 e. The Morgan fingerprint density at radius 1 is 0.788 bits per heavy atom. The summed E-state index contributed by atoms with van der Waals surface area (Å²) in [6, 6.07) is 0.586. The van der Waals surface area contributed by atoms with Gasteiger partial charge in [0.25, 0.3) is 0 Å². The average molecular weight is 531 g/mol. The summed E-state index contributed by atoms with van der Waals surface area (Å²) < 4.78 is 188. The molecule has 1 aliphatic rings. The summed E-state index contributed by atoms with van der Waals surface area (Å²) in [5.41, 5.74) is -10.1. The van der Waals surface area contributed by atoms with Gasteiger partial charge in [-0.15, -0.1) is 0 Å². The number of benzene rings is 1. The van der Waals surface area contributed by atoms with Crippen molar-refractivity contribution < 1.29 is 71.4 Å². The summed E-state index contributed by atoms with van der Waals surface area (Å²) >= 11 is 5.22. The molecule has 186 valence electrons. The van der Waals surface area contributed by atoms with Crippen LogP contribution in [0.15, 0.2) is 24.3 Å². The van der Waals surface area contributed by atoms with Gasteiger partial charge in [-0.05, 0) is 18.2 Å². The minimum atomic E-state index is -7.57. The van der Waals surface area contributed by atoms with Crippen molar-refractivity contribution in [2.75, 3.05) is 0 Å². The van der Waals surface area contributed by atoms with Crippen molar-refractivity contribution in [2.45, 2.75) is 41.5 Å². The maximum absolute atomic E-state index is 14.6. The van der Waals surface area contributed by atoms with E-state index >= 15 is 0 Å². The van der Waals surface area contributed by atoms with E-state index in [9.17, 15) is 71.4 Å². The fourth-order valence-electron chi connectivity index (χ4n) is 2.74. The molecule has 0 unspecified atom stereocenters. The van der Waals surface area contributed by atoms with Gasteiger partial charge in [-0.2, -0.15) is 57.1 Å². The molecule has 1 aliphatic carbocycles. The Hall–Kier alpha value is -2.26. The Balaban J connectivity index is 2.72. The molecular weight excluding hydrogens is 526 g/mol. The van der Waals surface area contributed by atoms with Crippen molar-refractivity contribution in [3.05, 3.63) is 40.4 Å². The number of ketones is 1. The molecule has 0 bridgehead atoms. The first-order valence-electron chi connectivity index (χ1n) is 7.83. The molecule has 2 rings (SSSR count). The van der Waals surface area contributed by atoms with Gasteiger partial charge >= 0.3 is 41.5 Å². The van der Waals surface area contributed by atoms with Gasteiger partial charge in [-0.3, -0.25) is 4.79 Å². The quantitative estimate of drug-likeness (QED) is 0.268. The second-order valence-electron chi connectivity index (χ2n) is 6.62. The molecule has 0 radical (unpaired) electrons. The Morgan fingerprint density at radius 2 is 1.18 bits per heavy atom. The van der Waals surface area contributed by atoms with Crippen LogP contribution in [-0.4, -0.2) is 46.2 Å². The molecule has 0 aromatic heterocycles. The van der Waals surface area contributed by atoms with E-state index in [2.05, 4.69) is 0 Å². The molecule has 1 saturated carbocycles. The first-order valence-corrected chi connectivity index (χ1v) is 8.21. The lowest BCUT2D eigenvalue weighted by atomic mass is 9.70. The first-order chi connectivity index (χ1) is 14.4. The molecule has 0 saturated heterocycles. The van der Waals surface area contributed by atoms with Crippen molar-refractivity contribution in [3.63, 3.8) is 0 Å². The van der Waals surface area contributed by atoms with Gasteiger partial charge in [0.2, 0.25) is 5.78 Å². The first kappa shape index (κ1) is 27.0. The van der Waals surface area contributed by atoms with E-state index in [1.54, 1.807) is 0 Å². The van der Waals surface area contributed by atoms with E-state index in [0.29, 0.717) is 12.1 Å². The number of hydrogen-bond donors (Lipinski definition) is 1. The van der Waals surface area contributed by atoms with Crippen LogP contribution in [0, 0.1) is 0 Å². The topological polar surface area (TPSA) is 37.3 Å². The number of aliphatic hydroxyl groups is 1. The Morgan fingerprint density at radius 3 is 1.58 bits per heavy atom. The predicted molar refractivity (Wildman–Crippen MR) is 80.6 cm³/mol. The third-order valence-electron chi connectivity index (χ3n) is 4.62. The lowest BCUT2D eigenvalue weighted by Gasteiger charge is -2.51. The summed E-state index contributed by atoms with van der Waals surface area (Å²) in [5.74, 6) is -43.6. The summed E-state index contributed by atoms with van der Waals surface area (Å²) in [6.07, 6.45) is -6.42. The number of carbonyl (C=O) groups excluding carboxylic acids is 1. The van der Waals surface area contributed by atoms with Gasteiger partial charge in [0.1, 0.15) is 5.76 Å². The normalized spacial score (nSPS) is 24.9. The fourth-order valence-corrected chi connectivity index (χ4v) is 2.96. The van der Waals surface area contributed by atoms with E-state index in [4.69, 9.17) is 11.6 Å². The summed E-state index contributed by atoms with van der Waals surface area (Å²) in [7, 11) is 0. The zero-order valence-electron chi connectivity index (χ0n) is 14.8. The van der Waals surface area contributed by atoms with Crippen LogP contribution in [0.5, 0.6) is 0 Å². The minimum Gasteiger partial charge on any atom is -0.507 e. The maximum Gasteiger partial charge on any atom is 0.417 e. The molecule has 0 atom stereocenters. The third kappa shape index (κ3) is 3.19. The summed E-state index contributed by atoms with van der Waals surface area (Å²) in [6.45, 7) is 0. The molecule has 1 N–H and O–H groups in total. The molecule has 33 heavy (non-hydrogen) atoms. The van der Waals surface area contributed by atoms with Crippen LogP contribution in [0.1, 0.15) is 11.1 Å². The van der Waals surface area contributed by atoms with Crippen LogP contribution < -0.4 is 0 Å². The molecule has 2 nitrogen and oxygen atoms in total. The number of aliphatic hydroxyl groups excluding tert-OH is 1. The maximum atomic E-state index is 14.6. The van der Waals surface area contributed by atoms with Gasteiger partial charge in [-0.25, -0.2) is 4.39 Å². The fraction of sp³-hybridized carbons (Fsp3) is 0.438. The van der Waals surface area contributed by atoms with Crippen molar-refractivity contribution in [2.24, 2.45) is 0 Å². The van der Waals surface area contributed by atoms with Crippen molar-refractivity contribution in [1.29, 1.82) is 0 Å².